The predicted molar refractivity (Wildman–Crippen MR) is 53.0 cm³/mol. The summed E-state index contributed by atoms with van der Waals surface area (Å²) in [5, 5.41) is 1.09. The molecule has 1 aliphatic rings. The van der Waals surface area contributed by atoms with Crippen LogP contribution in [0.5, 0.6) is 0 Å². The largest absolute Gasteiger partial charge is 0.361 e. The summed E-state index contributed by atoms with van der Waals surface area (Å²) in [6.45, 7) is 0. The quantitative estimate of drug-likeness (QED) is 0.620. The van der Waals surface area contributed by atoms with E-state index in [-0.39, 0.29) is 11.8 Å². The Morgan fingerprint density at radius 3 is 3.14 bits per heavy atom. The molecule has 0 radical (unpaired) electrons. The van der Waals surface area contributed by atoms with Crippen LogP contribution in [-0.4, -0.2) is 16.8 Å². The topological polar surface area (TPSA) is 60.5 Å². The Morgan fingerprint density at radius 2 is 2.29 bits per heavy atom. The summed E-state index contributed by atoms with van der Waals surface area (Å²) < 4.78 is 0. The lowest BCUT2D eigenvalue weighted by Gasteiger charge is -2.14. The number of carbonyl (C=O) groups excluding carboxylic acids is 1. The number of benzene rings is 1. The van der Waals surface area contributed by atoms with E-state index in [1.807, 2.05) is 24.4 Å². The average Bonchev–Trinajstić information content (AvgIpc) is 2.59. The van der Waals surface area contributed by atoms with Crippen molar-refractivity contribution in [3.05, 3.63) is 35.5 Å². The number of quaternary nitrogens is 1. The highest BCUT2D eigenvalue weighted by Crippen LogP contribution is 2.28. The molecule has 3 rings (SSSR count). The summed E-state index contributed by atoms with van der Waals surface area (Å²) in [7, 11) is 0. The number of ketones is 1. The zero-order chi connectivity index (χ0) is 9.71. The summed E-state index contributed by atoms with van der Waals surface area (Å²) in [6.07, 6.45) is 2.74. The SMILES string of the molecule is [NH3+]C1Cc2c[nH]c3cccc(c23)C1=O. The monoisotopic (exact) mass is 187 g/mol. The molecule has 0 bridgehead atoms. The first-order valence-electron chi connectivity index (χ1n) is 4.73. The molecule has 4 N–H and O–H groups in total. The molecule has 0 spiro atoms. The van der Waals surface area contributed by atoms with E-state index < -0.39 is 0 Å². The number of carbonyl (C=O) groups is 1. The molecule has 1 aromatic heterocycles. The Kier molecular flexibility index (Phi) is 1.36. The summed E-state index contributed by atoms with van der Waals surface area (Å²) in [5.41, 5.74) is 6.98. The van der Waals surface area contributed by atoms with Crippen LogP contribution in [0.3, 0.4) is 0 Å². The van der Waals surface area contributed by atoms with Crippen LogP contribution >= 0.6 is 0 Å². The molecule has 0 fully saturated rings. The van der Waals surface area contributed by atoms with E-state index in [1.54, 1.807) is 0 Å². The van der Waals surface area contributed by atoms with Gasteiger partial charge in [0.15, 0.2) is 6.04 Å². The highest BCUT2D eigenvalue weighted by atomic mass is 16.1. The number of H-pyrrole nitrogens is 1. The number of Topliss-reactive ketones (excluding diaryl/α,β-unsaturated/α-hetero) is 1. The zero-order valence-electron chi connectivity index (χ0n) is 7.71. The van der Waals surface area contributed by atoms with E-state index in [4.69, 9.17) is 0 Å². The van der Waals surface area contributed by atoms with Crippen LogP contribution < -0.4 is 5.73 Å². The molecule has 1 aliphatic carbocycles. The lowest BCUT2D eigenvalue weighted by atomic mass is 9.89. The highest BCUT2D eigenvalue weighted by molar-refractivity contribution is 6.12. The first-order chi connectivity index (χ1) is 6.77. The molecule has 1 aromatic carbocycles. The number of aromatic amines is 1. The lowest BCUT2D eigenvalue weighted by Crippen LogP contribution is -2.66. The maximum absolute atomic E-state index is 11.8. The van der Waals surface area contributed by atoms with Gasteiger partial charge in [0.05, 0.1) is 0 Å². The Hall–Kier alpha value is -1.61. The van der Waals surface area contributed by atoms with E-state index in [9.17, 15) is 4.79 Å². The third-order valence-electron chi connectivity index (χ3n) is 2.89. The number of aromatic nitrogens is 1. The second-order valence-corrected chi connectivity index (χ2v) is 3.81. The fourth-order valence-corrected chi connectivity index (χ4v) is 2.20. The second-order valence-electron chi connectivity index (χ2n) is 3.81. The first-order valence-corrected chi connectivity index (χ1v) is 4.73. The maximum atomic E-state index is 11.8. The number of hydrogen-bond donors (Lipinski definition) is 2. The Labute approximate surface area is 80.9 Å². The van der Waals surface area contributed by atoms with Crippen molar-refractivity contribution in [2.45, 2.75) is 12.5 Å². The molecule has 0 amide bonds. The van der Waals surface area contributed by atoms with E-state index in [0.29, 0.717) is 0 Å². The molecule has 0 saturated carbocycles. The van der Waals surface area contributed by atoms with Crippen molar-refractivity contribution in [1.82, 2.24) is 4.98 Å². The van der Waals surface area contributed by atoms with Crippen molar-refractivity contribution in [3.63, 3.8) is 0 Å². The first kappa shape index (κ1) is 7.76. The molecular weight excluding hydrogens is 176 g/mol. The smallest absolute Gasteiger partial charge is 0.220 e. The van der Waals surface area contributed by atoms with Gasteiger partial charge in [0.2, 0.25) is 5.78 Å². The third-order valence-corrected chi connectivity index (χ3v) is 2.89. The Bertz CT molecular complexity index is 527. The Morgan fingerprint density at radius 1 is 1.43 bits per heavy atom. The number of nitrogens with one attached hydrogen (secondary N) is 1. The Balaban J connectivity index is 2.44. The van der Waals surface area contributed by atoms with Gasteiger partial charge < -0.3 is 10.7 Å². The van der Waals surface area contributed by atoms with Gasteiger partial charge in [-0.15, -0.1) is 0 Å². The van der Waals surface area contributed by atoms with Gasteiger partial charge in [-0.1, -0.05) is 12.1 Å². The van der Waals surface area contributed by atoms with Gasteiger partial charge in [0.25, 0.3) is 0 Å². The normalized spacial score (nSPS) is 20.4. The van der Waals surface area contributed by atoms with Crippen molar-refractivity contribution in [1.29, 1.82) is 0 Å². The van der Waals surface area contributed by atoms with Crippen LogP contribution in [0.25, 0.3) is 10.9 Å². The van der Waals surface area contributed by atoms with E-state index in [2.05, 4.69) is 10.7 Å². The molecular formula is C11H11N2O+. The fourth-order valence-electron chi connectivity index (χ4n) is 2.20. The summed E-state index contributed by atoms with van der Waals surface area (Å²) in [6, 6.07) is 5.68. The predicted octanol–water partition coefficient (Wildman–Crippen LogP) is 0.517. The molecule has 70 valence electrons. The van der Waals surface area contributed by atoms with Crippen molar-refractivity contribution < 1.29 is 10.5 Å². The van der Waals surface area contributed by atoms with E-state index in [1.165, 1.54) is 5.56 Å². The van der Waals surface area contributed by atoms with Gasteiger partial charge >= 0.3 is 0 Å². The summed E-state index contributed by atoms with van der Waals surface area (Å²) in [5.74, 6) is 0.169. The highest BCUT2D eigenvalue weighted by Gasteiger charge is 2.28. The molecule has 0 saturated heterocycles. The average molecular weight is 187 g/mol. The lowest BCUT2D eigenvalue weighted by molar-refractivity contribution is -0.398. The van der Waals surface area contributed by atoms with E-state index in [0.717, 1.165) is 22.9 Å². The van der Waals surface area contributed by atoms with Gasteiger partial charge in [0, 0.05) is 29.1 Å². The molecule has 3 nitrogen and oxygen atoms in total. The van der Waals surface area contributed by atoms with Crippen molar-refractivity contribution in [2.24, 2.45) is 0 Å². The third kappa shape index (κ3) is 0.822. The van der Waals surface area contributed by atoms with Crippen molar-refractivity contribution in [3.8, 4) is 0 Å². The van der Waals surface area contributed by atoms with Gasteiger partial charge in [-0.25, -0.2) is 0 Å². The summed E-state index contributed by atoms with van der Waals surface area (Å²) >= 11 is 0. The van der Waals surface area contributed by atoms with Gasteiger partial charge in [-0.2, -0.15) is 0 Å². The standard InChI is InChI=1S/C11H10N2O/c12-8-4-6-5-13-9-3-1-2-7(10(6)9)11(8)14/h1-3,5,8,13H,4,12H2/p+1. The molecule has 0 aliphatic heterocycles. The molecule has 14 heavy (non-hydrogen) atoms. The molecule has 1 heterocycles. The molecule has 1 atom stereocenters. The van der Waals surface area contributed by atoms with Crippen LogP contribution in [0.1, 0.15) is 15.9 Å². The summed E-state index contributed by atoms with van der Waals surface area (Å²) in [4.78, 5) is 15.0. The van der Waals surface area contributed by atoms with Crippen LogP contribution in [0.4, 0.5) is 0 Å². The molecule has 1 unspecified atom stereocenters. The van der Waals surface area contributed by atoms with Crippen LogP contribution in [0, 0.1) is 0 Å². The number of rotatable bonds is 0. The number of hydrogen-bond acceptors (Lipinski definition) is 1. The van der Waals surface area contributed by atoms with Gasteiger partial charge in [0.1, 0.15) is 0 Å². The second kappa shape index (κ2) is 2.45. The van der Waals surface area contributed by atoms with Gasteiger partial charge in [-0.05, 0) is 11.6 Å². The molecule has 2 aromatic rings. The van der Waals surface area contributed by atoms with Gasteiger partial charge in [-0.3, -0.25) is 4.79 Å². The van der Waals surface area contributed by atoms with Crippen molar-refractivity contribution in [2.75, 3.05) is 0 Å². The zero-order valence-corrected chi connectivity index (χ0v) is 7.71. The van der Waals surface area contributed by atoms with Crippen LogP contribution in [0.2, 0.25) is 0 Å². The van der Waals surface area contributed by atoms with Crippen LogP contribution in [0.15, 0.2) is 24.4 Å². The minimum atomic E-state index is -0.121. The molecule has 3 heteroatoms. The van der Waals surface area contributed by atoms with Crippen LogP contribution in [-0.2, 0) is 6.42 Å². The minimum Gasteiger partial charge on any atom is -0.361 e. The van der Waals surface area contributed by atoms with Crippen molar-refractivity contribution >= 4 is 16.7 Å². The maximum Gasteiger partial charge on any atom is 0.220 e. The van der Waals surface area contributed by atoms with E-state index >= 15 is 0 Å². The fraction of sp³-hybridized carbons (Fsp3) is 0.182. The minimum absolute atomic E-state index is 0.121.